The molecule has 3 rings (SSSR count). The second-order valence-electron chi connectivity index (χ2n) is 6.77. The molecule has 5 heteroatoms. The lowest BCUT2D eigenvalue weighted by Crippen LogP contribution is -2.36. The van der Waals surface area contributed by atoms with Gasteiger partial charge in [-0.2, -0.15) is 0 Å². The highest BCUT2D eigenvalue weighted by molar-refractivity contribution is 5.94. The summed E-state index contributed by atoms with van der Waals surface area (Å²) < 4.78 is 0. The second kappa shape index (κ2) is 7.44. The molecule has 0 fully saturated rings. The van der Waals surface area contributed by atoms with E-state index in [2.05, 4.69) is 17.0 Å². The maximum atomic E-state index is 11.4. The Morgan fingerprint density at radius 1 is 1.15 bits per heavy atom. The molecule has 1 aliphatic rings. The number of carbonyl (C=O) groups is 1. The van der Waals surface area contributed by atoms with E-state index in [4.69, 9.17) is 16.9 Å². The molecule has 0 aromatic heterocycles. The molecule has 26 heavy (non-hydrogen) atoms. The van der Waals surface area contributed by atoms with E-state index < -0.39 is 0 Å². The molecule has 5 nitrogen and oxygen atoms in total. The van der Waals surface area contributed by atoms with Gasteiger partial charge in [0.05, 0.1) is 0 Å². The summed E-state index contributed by atoms with van der Waals surface area (Å²) in [5.41, 5.74) is 17.9. The Balaban J connectivity index is 1.78. The number of fused-ring (bicyclic) bond motifs is 1. The molecule has 0 saturated heterocycles. The molecule has 0 spiro atoms. The van der Waals surface area contributed by atoms with E-state index >= 15 is 0 Å². The Morgan fingerprint density at radius 2 is 1.85 bits per heavy atom. The fraction of sp³-hybridized carbons (Fsp3) is 0.238. The number of anilines is 1. The summed E-state index contributed by atoms with van der Waals surface area (Å²) in [5, 5.41) is 5.68. The number of hydrogen-bond donors (Lipinski definition) is 3. The van der Waals surface area contributed by atoms with Crippen molar-refractivity contribution in [2.24, 2.45) is 11.5 Å². The van der Waals surface area contributed by atoms with Crippen LogP contribution in [0.2, 0.25) is 0 Å². The predicted molar refractivity (Wildman–Crippen MR) is 106 cm³/mol. The summed E-state index contributed by atoms with van der Waals surface area (Å²) in [4.78, 5) is 13.7. The summed E-state index contributed by atoms with van der Waals surface area (Å²) in [6.45, 7) is 3.63. The molecule has 0 radical (unpaired) electrons. The highest BCUT2D eigenvalue weighted by Crippen LogP contribution is 2.29. The number of hydrogen-bond acceptors (Lipinski definition) is 3. The molecule has 0 unspecified atom stereocenters. The first kappa shape index (κ1) is 17.7. The Bertz CT molecular complexity index is 868. The number of allylic oxidation sites excluding steroid dienone is 1. The van der Waals surface area contributed by atoms with Crippen molar-refractivity contribution < 1.29 is 10.2 Å². The molecule has 1 amide bonds. The summed E-state index contributed by atoms with van der Waals surface area (Å²) in [7, 11) is 0. The number of amides is 1. The van der Waals surface area contributed by atoms with Crippen molar-refractivity contribution in [3.05, 3.63) is 70.8 Å². The van der Waals surface area contributed by atoms with Gasteiger partial charge in [-0.25, -0.2) is 0 Å². The van der Waals surface area contributed by atoms with Gasteiger partial charge in [-0.05, 0) is 47.7 Å². The van der Waals surface area contributed by atoms with Gasteiger partial charge in [0.2, 0.25) is 5.91 Å². The van der Waals surface area contributed by atoms with Crippen LogP contribution < -0.4 is 21.8 Å². The van der Waals surface area contributed by atoms with Gasteiger partial charge in [-0.1, -0.05) is 24.3 Å². The van der Waals surface area contributed by atoms with E-state index in [1.807, 2.05) is 31.2 Å². The number of aryl methyl sites for hydroxylation is 1. The zero-order valence-corrected chi connectivity index (χ0v) is 15.0. The smallest absolute Gasteiger partial charge is 0.248 e. The van der Waals surface area contributed by atoms with Gasteiger partial charge in [0.25, 0.3) is 0 Å². The van der Waals surface area contributed by atoms with E-state index in [0.717, 1.165) is 31.5 Å². The lowest BCUT2D eigenvalue weighted by atomic mass is 9.98. The Kier molecular flexibility index (Phi) is 5.07. The molecule has 134 valence electrons. The van der Waals surface area contributed by atoms with Crippen molar-refractivity contribution in [1.29, 1.82) is 0 Å². The van der Waals surface area contributed by atoms with E-state index in [1.54, 1.807) is 12.1 Å². The van der Waals surface area contributed by atoms with Crippen LogP contribution in [0.3, 0.4) is 0 Å². The number of carbonyl (C=O) groups excluding carboxylic acids is 1. The van der Waals surface area contributed by atoms with Crippen LogP contribution in [0.5, 0.6) is 0 Å². The molecule has 0 saturated carbocycles. The third kappa shape index (κ3) is 3.94. The number of nitrogens with zero attached hydrogens (tertiary/aromatic N) is 1. The topological polar surface area (TPSA) is 97.9 Å². The molecule has 6 N–H and O–H groups in total. The van der Waals surface area contributed by atoms with Crippen LogP contribution in [-0.2, 0) is 13.0 Å². The maximum Gasteiger partial charge on any atom is 0.248 e. The van der Waals surface area contributed by atoms with Crippen LogP contribution in [0.15, 0.2) is 48.5 Å². The van der Waals surface area contributed by atoms with Crippen LogP contribution in [-0.4, -0.2) is 18.2 Å². The lowest BCUT2D eigenvalue weighted by molar-refractivity contribution is -0.112. The van der Waals surface area contributed by atoms with Crippen molar-refractivity contribution >= 4 is 23.0 Å². The second-order valence-corrected chi connectivity index (χ2v) is 6.77. The Labute approximate surface area is 153 Å². The highest BCUT2D eigenvalue weighted by Gasteiger charge is 2.18. The normalized spacial score (nSPS) is 14.0. The van der Waals surface area contributed by atoms with Crippen LogP contribution in [0, 0.1) is 0 Å². The quantitative estimate of drug-likeness (QED) is 0.709. The minimum absolute atomic E-state index is 0.379. The minimum atomic E-state index is -0.379. The minimum Gasteiger partial charge on any atom is -0.398 e. The Morgan fingerprint density at radius 3 is 2.50 bits per heavy atom. The third-order valence-electron chi connectivity index (χ3n) is 4.62. The van der Waals surface area contributed by atoms with Crippen molar-refractivity contribution in [3.63, 3.8) is 0 Å². The summed E-state index contributed by atoms with van der Waals surface area (Å²) in [6.07, 6.45) is 3.81. The number of nitrogens with two attached hydrogens (primary N) is 3. The number of rotatable bonds is 5. The van der Waals surface area contributed by atoms with Crippen LogP contribution in [0.1, 0.15) is 40.4 Å². The molecule has 2 aromatic rings. The molecular formula is C21H25N4O+. The van der Waals surface area contributed by atoms with Gasteiger partial charge in [-0.15, -0.1) is 0 Å². The molecule has 2 aromatic carbocycles. The van der Waals surface area contributed by atoms with E-state index in [9.17, 15) is 4.79 Å². The highest BCUT2D eigenvalue weighted by atomic mass is 16.1. The SMILES string of the molecule is CC(=[NH2+])/C=C(\N)c1ccc(CN2CCCc3cc(C(N)=O)ccc32)cc1. The van der Waals surface area contributed by atoms with Gasteiger partial charge in [0.15, 0.2) is 5.71 Å². The van der Waals surface area contributed by atoms with Gasteiger partial charge >= 0.3 is 0 Å². The van der Waals surface area contributed by atoms with Crippen molar-refractivity contribution in [2.45, 2.75) is 26.3 Å². The first-order valence-electron chi connectivity index (χ1n) is 8.77. The average Bonchev–Trinajstić information content (AvgIpc) is 2.61. The zero-order valence-electron chi connectivity index (χ0n) is 15.0. The molecule has 1 heterocycles. The third-order valence-corrected chi connectivity index (χ3v) is 4.62. The molecule has 1 aliphatic heterocycles. The first-order chi connectivity index (χ1) is 12.4. The number of primary amides is 1. The Hall–Kier alpha value is -3.08. The molecule has 0 aliphatic carbocycles. The fourth-order valence-electron chi connectivity index (χ4n) is 3.34. The lowest BCUT2D eigenvalue weighted by Gasteiger charge is -2.31. The van der Waals surface area contributed by atoms with Crippen LogP contribution in [0.25, 0.3) is 5.70 Å². The summed E-state index contributed by atoms with van der Waals surface area (Å²) >= 11 is 0. The van der Waals surface area contributed by atoms with Gasteiger partial charge in [0.1, 0.15) is 0 Å². The first-order valence-corrected chi connectivity index (χ1v) is 8.77. The van der Waals surface area contributed by atoms with E-state index in [-0.39, 0.29) is 5.91 Å². The number of benzene rings is 2. The van der Waals surface area contributed by atoms with Crippen LogP contribution >= 0.6 is 0 Å². The monoisotopic (exact) mass is 349 g/mol. The van der Waals surface area contributed by atoms with Crippen LogP contribution in [0.4, 0.5) is 5.69 Å². The standard InChI is InChI=1S/C21H24N4O/c1-14(22)11-19(23)16-6-4-15(5-7-16)13-25-10-2-3-17-12-18(21(24)26)8-9-20(17)25/h4-9,11-12,22H,2-3,10,13,23H2,1H3,(H2,24,26)/p+1/b19-11-,22-14?. The molecular weight excluding hydrogens is 324 g/mol. The largest absolute Gasteiger partial charge is 0.398 e. The summed E-state index contributed by atoms with van der Waals surface area (Å²) in [6, 6.07) is 13.9. The maximum absolute atomic E-state index is 11.4. The van der Waals surface area contributed by atoms with Gasteiger partial charge in [-0.3, -0.25) is 10.2 Å². The van der Waals surface area contributed by atoms with Crippen molar-refractivity contribution in [3.8, 4) is 0 Å². The molecule has 0 bridgehead atoms. The van der Waals surface area contributed by atoms with Gasteiger partial charge < -0.3 is 16.4 Å². The average molecular weight is 349 g/mol. The summed E-state index contributed by atoms with van der Waals surface area (Å²) in [5.74, 6) is -0.379. The van der Waals surface area contributed by atoms with E-state index in [1.165, 1.54) is 16.8 Å². The van der Waals surface area contributed by atoms with E-state index in [0.29, 0.717) is 17.0 Å². The van der Waals surface area contributed by atoms with Crippen molar-refractivity contribution in [2.75, 3.05) is 11.4 Å². The van der Waals surface area contributed by atoms with Gasteiger partial charge in [0, 0.05) is 43.0 Å². The van der Waals surface area contributed by atoms with Crippen molar-refractivity contribution in [1.82, 2.24) is 0 Å². The predicted octanol–water partition coefficient (Wildman–Crippen LogP) is 1.26. The zero-order chi connectivity index (χ0) is 18.7. The fourth-order valence-corrected chi connectivity index (χ4v) is 3.34. The molecule has 0 atom stereocenters.